The first kappa shape index (κ1) is 12.8. The number of carbonyl (C=O) groups is 1. The molecule has 2 rings (SSSR count). The van der Waals surface area contributed by atoms with Gasteiger partial charge in [-0.1, -0.05) is 6.07 Å². The maximum Gasteiger partial charge on any atom is 0.405 e. The molecule has 1 fully saturated rings. The molecule has 0 bridgehead atoms. The predicted molar refractivity (Wildman–Crippen MR) is 61.3 cm³/mol. The number of hydrogen-bond acceptors (Lipinski definition) is 2. The highest BCUT2D eigenvalue weighted by Crippen LogP contribution is 2.32. The molecule has 1 amide bonds. The van der Waals surface area contributed by atoms with Gasteiger partial charge in [0.15, 0.2) is 0 Å². The molecule has 0 spiro atoms. The zero-order valence-corrected chi connectivity index (χ0v) is 9.67. The molecule has 0 unspecified atom stereocenters. The predicted octanol–water partition coefficient (Wildman–Crippen LogP) is 1.81. The van der Waals surface area contributed by atoms with E-state index >= 15 is 0 Å². The summed E-state index contributed by atoms with van der Waals surface area (Å²) in [4.78, 5) is 10.9. The van der Waals surface area contributed by atoms with Gasteiger partial charge in [0.05, 0.1) is 5.54 Å². The summed E-state index contributed by atoms with van der Waals surface area (Å²) >= 11 is 0. The summed E-state index contributed by atoms with van der Waals surface area (Å²) in [5.74, 6) is -1.39. The highest BCUT2D eigenvalue weighted by atomic mass is 19.1. The van der Waals surface area contributed by atoms with E-state index in [0.717, 1.165) is 12.1 Å². The summed E-state index contributed by atoms with van der Waals surface area (Å²) in [6.45, 7) is 1.16. The number of piperidine rings is 1. The Kier molecular flexibility index (Phi) is 3.47. The summed E-state index contributed by atoms with van der Waals surface area (Å²) in [7, 11) is 0. The van der Waals surface area contributed by atoms with Crippen LogP contribution in [0.3, 0.4) is 0 Å². The van der Waals surface area contributed by atoms with E-state index in [1.165, 1.54) is 6.07 Å². The third kappa shape index (κ3) is 2.43. The SMILES string of the molecule is O=C(O)NC1(c2ccc(F)cc2F)CCNCC1. The molecular formula is C12H14F2N2O2. The van der Waals surface area contributed by atoms with Crippen molar-refractivity contribution in [3.05, 3.63) is 35.4 Å². The van der Waals surface area contributed by atoms with Crippen LogP contribution in [-0.4, -0.2) is 24.3 Å². The van der Waals surface area contributed by atoms with Gasteiger partial charge in [-0.05, 0) is 32.0 Å². The van der Waals surface area contributed by atoms with Crippen LogP contribution in [0.2, 0.25) is 0 Å². The molecule has 1 aliphatic rings. The van der Waals surface area contributed by atoms with Crippen LogP contribution in [0.1, 0.15) is 18.4 Å². The standard InChI is InChI=1S/C12H14F2N2O2/c13-8-1-2-9(10(14)7-8)12(16-11(17)18)3-5-15-6-4-12/h1-2,7,15-16H,3-6H2,(H,17,18). The molecule has 0 saturated carbocycles. The smallest absolute Gasteiger partial charge is 0.405 e. The van der Waals surface area contributed by atoms with Crippen molar-refractivity contribution in [1.82, 2.24) is 10.6 Å². The molecule has 0 radical (unpaired) electrons. The zero-order chi connectivity index (χ0) is 13.2. The molecule has 18 heavy (non-hydrogen) atoms. The number of halogens is 2. The van der Waals surface area contributed by atoms with Crippen molar-refractivity contribution >= 4 is 6.09 Å². The molecule has 4 nitrogen and oxygen atoms in total. The van der Waals surface area contributed by atoms with Gasteiger partial charge in [-0.2, -0.15) is 0 Å². The average Bonchev–Trinajstić information content (AvgIpc) is 2.28. The van der Waals surface area contributed by atoms with Gasteiger partial charge >= 0.3 is 6.09 Å². The molecular weight excluding hydrogens is 242 g/mol. The van der Waals surface area contributed by atoms with Crippen molar-refractivity contribution in [3.8, 4) is 0 Å². The molecule has 0 aromatic heterocycles. The van der Waals surface area contributed by atoms with E-state index in [9.17, 15) is 13.6 Å². The highest BCUT2D eigenvalue weighted by molar-refractivity contribution is 5.66. The minimum atomic E-state index is -1.21. The van der Waals surface area contributed by atoms with Crippen LogP contribution in [0.5, 0.6) is 0 Å². The van der Waals surface area contributed by atoms with Gasteiger partial charge in [0, 0.05) is 11.6 Å². The number of hydrogen-bond donors (Lipinski definition) is 3. The van der Waals surface area contributed by atoms with E-state index in [1.54, 1.807) is 0 Å². The Morgan fingerprint density at radius 3 is 2.56 bits per heavy atom. The van der Waals surface area contributed by atoms with Crippen LogP contribution < -0.4 is 10.6 Å². The van der Waals surface area contributed by atoms with Crippen LogP contribution in [0.15, 0.2) is 18.2 Å². The molecule has 3 N–H and O–H groups in total. The third-order valence-corrected chi connectivity index (χ3v) is 3.25. The Morgan fingerprint density at radius 1 is 1.33 bits per heavy atom. The summed E-state index contributed by atoms with van der Waals surface area (Å²) in [6, 6.07) is 3.24. The van der Waals surface area contributed by atoms with Crippen LogP contribution in [-0.2, 0) is 5.54 Å². The normalized spacial score (nSPS) is 18.3. The van der Waals surface area contributed by atoms with Crippen molar-refractivity contribution in [3.63, 3.8) is 0 Å². The highest BCUT2D eigenvalue weighted by Gasteiger charge is 2.37. The second-order valence-corrected chi connectivity index (χ2v) is 4.39. The van der Waals surface area contributed by atoms with E-state index in [2.05, 4.69) is 10.6 Å². The summed E-state index contributed by atoms with van der Waals surface area (Å²) < 4.78 is 26.7. The van der Waals surface area contributed by atoms with E-state index in [1.807, 2.05) is 0 Å². The molecule has 1 saturated heterocycles. The summed E-state index contributed by atoms with van der Waals surface area (Å²) in [6.07, 6.45) is -0.343. The molecule has 0 aliphatic carbocycles. The van der Waals surface area contributed by atoms with E-state index in [4.69, 9.17) is 5.11 Å². The molecule has 6 heteroatoms. The van der Waals surface area contributed by atoms with Crippen molar-refractivity contribution in [2.24, 2.45) is 0 Å². The molecule has 1 aliphatic heterocycles. The molecule has 1 aromatic rings. The van der Waals surface area contributed by atoms with Crippen LogP contribution in [0.25, 0.3) is 0 Å². The second kappa shape index (κ2) is 4.89. The largest absolute Gasteiger partial charge is 0.465 e. The first-order valence-electron chi connectivity index (χ1n) is 5.71. The number of amides is 1. The van der Waals surface area contributed by atoms with Gasteiger partial charge in [-0.15, -0.1) is 0 Å². The quantitative estimate of drug-likeness (QED) is 0.756. The Bertz CT molecular complexity index is 459. The Hall–Kier alpha value is -1.69. The fraction of sp³-hybridized carbons (Fsp3) is 0.417. The molecule has 1 heterocycles. The van der Waals surface area contributed by atoms with E-state index in [-0.39, 0.29) is 5.56 Å². The Labute approximate surface area is 103 Å². The fourth-order valence-corrected chi connectivity index (χ4v) is 2.40. The lowest BCUT2D eigenvalue weighted by atomic mass is 9.81. The fourth-order valence-electron chi connectivity index (χ4n) is 2.40. The monoisotopic (exact) mass is 256 g/mol. The average molecular weight is 256 g/mol. The Balaban J connectivity index is 2.41. The van der Waals surface area contributed by atoms with Crippen molar-refractivity contribution in [2.45, 2.75) is 18.4 Å². The van der Waals surface area contributed by atoms with Gasteiger partial charge in [0.2, 0.25) is 0 Å². The van der Waals surface area contributed by atoms with Crippen LogP contribution >= 0.6 is 0 Å². The molecule has 1 aromatic carbocycles. The lowest BCUT2D eigenvalue weighted by Crippen LogP contribution is -2.52. The second-order valence-electron chi connectivity index (χ2n) is 4.39. The van der Waals surface area contributed by atoms with Gasteiger partial charge in [-0.25, -0.2) is 13.6 Å². The lowest BCUT2D eigenvalue weighted by molar-refractivity contribution is 0.163. The maximum absolute atomic E-state index is 13.8. The topological polar surface area (TPSA) is 61.4 Å². The minimum Gasteiger partial charge on any atom is -0.465 e. The number of benzene rings is 1. The van der Waals surface area contributed by atoms with Crippen molar-refractivity contribution in [1.29, 1.82) is 0 Å². The van der Waals surface area contributed by atoms with Gasteiger partial charge in [0.1, 0.15) is 11.6 Å². The molecule has 0 atom stereocenters. The van der Waals surface area contributed by atoms with Gasteiger partial charge in [0.25, 0.3) is 0 Å². The van der Waals surface area contributed by atoms with Gasteiger partial charge in [-0.3, -0.25) is 0 Å². The zero-order valence-electron chi connectivity index (χ0n) is 9.67. The first-order valence-corrected chi connectivity index (χ1v) is 5.71. The Morgan fingerprint density at radius 2 is 2.00 bits per heavy atom. The van der Waals surface area contributed by atoms with Crippen molar-refractivity contribution in [2.75, 3.05) is 13.1 Å². The maximum atomic E-state index is 13.8. The number of nitrogens with one attached hydrogen (secondary N) is 2. The van der Waals surface area contributed by atoms with E-state index < -0.39 is 23.3 Å². The number of rotatable bonds is 2. The van der Waals surface area contributed by atoms with Crippen LogP contribution in [0.4, 0.5) is 13.6 Å². The lowest BCUT2D eigenvalue weighted by Gasteiger charge is -2.38. The summed E-state index contributed by atoms with van der Waals surface area (Å²) in [5, 5.41) is 14.4. The minimum absolute atomic E-state index is 0.202. The van der Waals surface area contributed by atoms with E-state index in [0.29, 0.717) is 25.9 Å². The van der Waals surface area contributed by atoms with Crippen molar-refractivity contribution < 1.29 is 18.7 Å². The molecule has 98 valence electrons. The summed E-state index contributed by atoms with van der Waals surface area (Å²) in [5.41, 5.74) is -0.776. The number of carboxylic acid groups (broad SMARTS) is 1. The van der Waals surface area contributed by atoms with Crippen LogP contribution in [0, 0.1) is 11.6 Å². The third-order valence-electron chi connectivity index (χ3n) is 3.25. The first-order chi connectivity index (χ1) is 8.53. The van der Waals surface area contributed by atoms with Gasteiger partial charge < -0.3 is 15.7 Å².